The van der Waals surface area contributed by atoms with E-state index in [0.717, 1.165) is 0 Å². The average molecular weight is 281 g/mol. The van der Waals surface area contributed by atoms with E-state index in [4.69, 9.17) is 0 Å². The fraction of sp³-hybridized carbons (Fsp3) is 0.800. The van der Waals surface area contributed by atoms with Gasteiger partial charge in [0, 0.05) is 0 Å². The Morgan fingerprint density at radius 2 is 1.44 bits per heavy atom. The van der Waals surface area contributed by atoms with Crippen molar-refractivity contribution < 1.29 is 27.5 Å². The van der Waals surface area contributed by atoms with Gasteiger partial charge in [-0.25, -0.2) is 18.0 Å². The summed E-state index contributed by atoms with van der Waals surface area (Å²) in [6, 6.07) is -1.66. The van der Waals surface area contributed by atoms with Gasteiger partial charge in [-0.1, -0.05) is 0 Å². The van der Waals surface area contributed by atoms with Crippen molar-refractivity contribution in [1.29, 1.82) is 0 Å². The summed E-state index contributed by atoms with van der Waals surface area (Å²) in [5.41, 5.74) is 0. The van der Waals surface area contributed by atoms with Crippen molar-refractivity contribution in [3.05, 3.63) is 0 Å². The zero-order chi connectivity index (χ0) is 14.3. The Bertz CT molecular complexity index is 371. The van der Waals surface area contributed by atoms with Crippen LogP contribution in [0.5, 0.6) is 0 Å². The predicted octanol–water partition coefficient (Wildman–Crippen LogP) is -0.191. The molecule has 0 rings (SSSR count). The van der Waals surface area contributed by atoms with Crippen LogP contribution in [0.25, 0.3) is 0 Å². The normalized spacial score (nSPS) is 11.7. The van der Waals surface area contributed by atoms with E-state index >= 15 is 0 Å². The van der Waals surface area contributed by atoms with Crippen LogP contribution in [0.2, 0.25) is 0 Å². The molecular weight excluding hydrogens is 262 g/mol. The topological polar surface area (TPSA) is 98.8 Å². The van der Waals surface area contributed by atoms with E-state index < -0.39 is 33.3 Å². The minimum atomic E-state index is -3.78. The van der Waals surface area contributed by atoms with Gasteiger partial charge < -0.3 is 9.47 Å². The Kier molecular flexibility index (Phi) is 6.85. The fourth-order valence-electron chi connectivity index (χ4n) is 0.944. The molecule has 0 radical (unpaired) electrons. The first-order valence-corrected chi connectivity index (χ1v) is 7.15. The molecule has 0 amide bonds. The van der Waals surface area contributed by atoms with E-state index in [2.05, 4.69) is 9.47 Å². The Balaban J connectivity index is 5.00. The largest absolute Gasteiger partial charge is 0.464 e. The van der Waals surface area contributed by atoms with Gasteiger partial charge in [0.05, 0.1) is 18.5 Å². The molecule has 1 N–H and O–H groups in total. The molecule has 0 atom stereocenters. The molecule has 8 heteroatoms. The summed E-state index contributed by atoms with van der Waals surface area (Å²) in [6.45, 7) is 6.04. The van der Waals surface area contributed by atoms with Crippen molar-refractivity contribution in [2.75, 3.05) is 13.2 Å². The van der Waals surface area contributed by atoms with E-state index in [1.165, 1.54) is 13.8 Å². The first kappa shape index (κ1) is 16.9. The highest BCUT2D eigenvalue weighted by molar-refractivity contribution is 7.90. The average Bonchev–Trinajstić information content (AvgIpc) is 2.26. The quantitative estimate of drug-likeness (QED) is 0.513. The second-order valence-electron chi connectivity index (χ2n) is 3.65. The number of hydrogen-bond acceptors (Lipinski definition) is 6. The molecule has 18 heavy (non-hydrogen) atoms. The van der Waals surface area contributed by atoms with Crippen LogP contribution in [0.15, 0.2) is 0 Å². The molecule has 0 fully saturated rings. The minimum absolute atomic E-state index is 0.0398. The molecule has 0 aliphatic rings. The Labute approximate surface area is 107 Å². The number of sulfonamides is 1. The molecule has 0 aromatic heterocycles. The second-order valence-corrected chi connectivity index (χ2v) is 5.92. The van der Waals surface area contributed by atoms with Gasteiger partial charge in [-0.2, -0.15) is 4.72 Å². The van der Waals surface area contributed by atoms with Crippen LogP contribution < -0.4 is 4.72 Å². The SMILES string of the molecule is CCOC(=O)C(NS(=O)(=O)C(C)C)C(=O)OCC. The predicted molar refractivity (Wildman–Crippen MR) is 64.2 cm³/mol. The van der Waals surface area contributed by atoms with E-state index in [-0.39, 0.29) is 13.2 Å². The van der Waals surface area contributed by atoms with Crippen molar-refractivity contribution in [3.63, 3.8) is 0 Å². The van der Waals surface area contributed by atoms with Crippen LogP contribution in [0, 0.1) is 0 Å². The van der Waals surface area contributed by atoms with Gasteiger partial charge in [0.1, 0.15) is 0 Å². The van der Waals surface area contributed by atoms with Crippen LogP contribution in [-0.4, -0.2) is 44.9 Å². The summed E-state index contributed by atoms with van der Waals surface area (Å²) >= 11 is 0. The van der Waals surface area contributed by atoms with Crippen LogP contribution >= 0.6 is 0 Å². The molecule has 0 unspecified atom stereocenters. The van der Waals surface area contributed by atoms with Gasteiger partial charge in [0.15, 0.2) is 0 Å². The first-order valence-electron chi connectivity index (χ1n) is 5.60. The van der Waals surface area contributed by atoms with Gasteiger partial charge in [-0.3, -0.25) is 0 Å². The number of ether oxygens (including phenoxy) is 2. The molecule has 106 valence electrons. The Morgan fingerprint density at radius 1 is 1.06 bits per heavy atom. The summed E-state index contributed by atoms with van der Waals surface area (Å²) in [4.78, 5) is 23.0. The lowest BCUT2D eigenvalue weighted by Gasteiger charge is -2.17. The Hall–Kier alpha value is -1.15. The van der Waals surface area contributed by atoms with E-state index in [9.17, 15) is 18.0 Å². The van der Waals surface area contributed by atoms with E-state index in [1.54, 1.807) is 13.8 Å². The minimum Gasteiger partial charge on any atom is -0.464 e. The van der Waals surface area contributed by atoms with Crippen molar-refractivity contribution in [2.24, 2.45) is 0 Å². The molecule has 0 aliphatic heterocycles. The summed E-state index contributed by atoms with van der Waals surface area (Å²) in [5.74, 6) is -1.94. The maximum absolute atomic E-state index is 11.6. The monoisotopic (exact) mass is 281 g/mol. The molecule has 0 heterocycles. The maximum atomic E-state index is 11.6. The van der Waals surface area contributed by atoms with Crippen LogP contribution in [0.4, 0.5) is 0 Å². The highest BCUT2D eigenvalue weighted by Gasteiger charge is 2.34. The summed E-state index contributed by atoms with van der Waals surface area (Å²) in [6.07, 6.45) is 0. The number of carbonyl (C=O) groups excluding carboxylic acids is 2. The fourth-order valence-corrected chi connectivity index (χ4v) is 1.74. The lowest BCUT2D eigenvalue weighted by Crippen LogP contribution is -2.50. The summed E-state index contributed by atoms with van der Waals surface area (Å²) in [5, 5.41) is -0.774. The lowest BCUT2D eigenvalue weighted by molar-refractivity contribution is -0.157. The third kappa shape index (κ3) is 5.01. The van der Waals surface area contributed by atoms with Crippen LogP contribution in [0.3, 0.4) is 0 Å². The van der Waals surface area contributed by atoms with Gasteiger partial charge >= 0.3 is 11.9 Å². The molecular formula is C10H19NO6S. The highest BCUT2D eigenvalue weighted by Crippen LogP contribution is 2.02. The molecule has 0 saturated carbocycles. The molecule has 7 nitrogen and oxygen atoms in total. The van der Waals surface area contributed by atoms with Gasteiger partial charge in [-0.15, -0.1) is 0 Å². The number of carbonyl (C=O) groups is 2. The second kappa shape index (κ2) is 7.32. The highest BCUT2D eigenvalue weighted by atomic mass is 32.2. The first-order chi connectivity index (χ1) is 8.26. The molecule has 0 aliphatic carbocycles. The zero-order valence-corrected chi connectivity index (χ0v) is 11.7. The number of hydrogen-bond donors (Lipinski definition) is 1. The Morgan fingerprint density at radius 3 is 1.72 bits per heavy atom. The number of esters is 2. The number of nitrogens with one attached hydrogen (secondary N) is 1. The number of rotatable bonds is 7. The van der Waals surface area contributed by atoms with Crippen molar-refractivity contribution in [1.82, 2.24) is 4.72 Å². The maximum Gasteiger partial charge on any atom is 0.335 e. The van der Waals surface area contributed by atoms with Gasteiger partial charge in [0.25, 0.3) is 0 Å². The summed E-state index contributed by atoms with van der Waals surface area (Å²) in [7, 11) is -3.78. The van der Waals surface area contributed by atoms with E-state index in [0.29, 0.717) is 0 Å². The van der Waals surface area contributed by atoms with Crippen molar-refractivity contribution in [3.8, 4) is 0 Å². The van der Waals surface area contributed by atoms with Crippen molar-refractivity contribution in [2.45, 2.75) is 39.0 Å². The standard InChI is InChI=1S/C10H19NO6S/c1-5-16-9(12)8(10(13)17-6-2)11-18(14,15)7(3)4/h7-8,11H,5-6H2,1-4H3. The van der Waals surface area contributed by atoms with Gasteiger partial charge in [0.2, 0.25) is 16.1 Å². The third-order valence-electron chi connectivity index (χ3n) is 1.95. The van der Waals surface area contributed by atoms with Crippen molar-refractivity contribution >= 4 is 22.0 Å². The smallest absolute Gasteiger partial charge is 0.335 e. The molecule has 0 aromatic carbocycles. The molecule has 0 spiro atoms. The third-order valence-corrected chi connectivity index (χ3v) is 3.75. The zero-order valence-electron chi connectivity index (χ0n) is 10.9. The molecule has 0 aromatic rings. The molecule has 0 bridgehead atoms. The van der Waals surface area contributed by atoms with E-state index in [1.807, 2.05) is 4.72 Å². The molecule has 0 saturated heterocycles. The lowest BCUT2D eigenvalue weighted by atomic mass is 10.3. The van der Waals surface area contributed by atoms with Gasteiger partial charge in [-0.05, 0) is 27.7 Å². The van der Waals surface area contributed by atoms with Crippen LogP contribution in [0.1, 0.15) is 27.7 Å². The summed E-state index contributed by atoms with van der Waals surface area (Å²) < 4.78 is 34.5. The van der Waals surface area contributed by atoms with Crippen LogP contribution in [-0.2, 0) is 29.1 Å².